The van der Waals surface area contributed by atoms with Crippen LogP contribution in [-0.2, 0) is 4.74 Å². The average molecular weight is 243 g/mol. The Labute approximate surface area is 99.3 Å². The van der Waals surface area contributed by atoms with Gasteiger partial charge in [-0.15, -0.1) is 11.6 Å². The summed E-state index contributed by atoms with van der Waals surface area (Å²) in [5, 5.41) is 0. The number of methoxy groups -OCH3 is 1. The molecule has 4 heteroatoms. The Hall–Kier alpha value is -1.24. The van der Waals surface area contributed by atoms with E-state index in [1.807, 2.05) is 0 Å². The molecule has 1 rings (SSSR count). The zero-order valence-electron chi connectivity index (χ0n) is 8.93. The van der Waals surface area contributed by atoms with Crippen LogP contribution in [0.3, 0.4) is 0 Å². The molecule has 0 radical (unpaired) electrons. The van der Waals surface area contributed by atoms with E-state index in [9.17, 15) is 4.39 Å². The van der Waals surface area contributed by atoms with Crippen molar-refractivity contribution in [2.24, 2.45) is 0 Å². The topological polar surface area (TPSA) is 18.5 Å². The number of halogens is 2. The summed E-state index contributed by atoms with van der Waals surface area (Å²) in [4.78, 5) is 0. The molecule has 16 heavy (non-hydrogen) atoms. The van der Waals surface area contributed by atoms with Crippen molar-refractivity contribution in [1.82, 2.24) is 0 Å². The molecule has 0 atom stereocenters. The van der Waals surface area contributed by atoms with E-state index >= 15 is 0 Å². The SMILES string of the molecule is COCCOc1cc(F)ccc1C#CCCl. The summed E-state index contributed by atoms with van der Waals surface area (Å²) in [6.45, 7) is 0.800. The standard InChI is InChI=1S/C12H12ClFO2/c1-15-7-8-16-12-9-11(14)5-4-10(12)3-2-6-13/h4-5,9H,6-8H2,1H3. The summed E-state index contributed by atoms with van der Waals surface area (Å²) >= 11 is 5.45. The number of hydrogen-bond donors (Lipinski definition) is 0. The quantitative estimate of drug-likeness (QED) is 0.459. The van der Waals surface area contributed by atoms with E-state index in [1.54, 1.807) is 13.2 Å². The van der Waals surface area contributed by atoms with Crippen LogP contribution in [0, 0.1) is 17.7 Å². The molecule has 0 aliphatic carbocycles. The van der Waals surface area contributed by atoms with Gasteiger partial charge in [-0.25, -0.2) is 4.39 Å². The first-order chi connectivity index (χ1) is 7.77. The smallest absolute Gasteiger partial charge is 0.137 e. The van der Waals surface area contributed by atoms with Crippen molar-refractivity contribution in [3.05, 3.63) is 29.6 Å². The first-order valence-corrected chi connectivity index (χ1v) is 5.27. The molecular formula is C12H12ClFO2. The third-order valence-corrected chi connectivity index (χ3v) is 1.91. The maximum atomic E-state index is 13.0. The number of ether oxygens (including phenoxy) is 2. The van der Waals surface area contributed by atoms with Gasteiger partial charge in [0.2, 0.25) is 0 Å². The summed E-state index contributed by atoms with van der Waals surface area (Å²) in [5.74, 6) is 5.78. The highest BCUT2D eigenvalue weighted by molar-refractivity contribution is 6.19. The minimum Gasteiger partial charge on any atom is -0.490 e. The third kappa shape index (κ3) is 4.09. The van der Waals surface area contributed by atoms with Crippen LogP contribution in [-0.4, -0.2) is 26.2 Å². The summed E-state index contributed by atoms with van der Waals surface area (Å²) in [7, 11) is 1.57. The van der Waals surface area contributed by atoms with Crippen LogP contribution in [0.15, 0.2) is 18.2 Å². The van der Waals surface area contributed by atoms with Crippen LogP contribution >= 0.6 is 11.6 Å². The average Bonchev–Trinajstić information content (AvgIpc) is 2.28. The largest absolute Gasteiger partial charge is 0.490 e. The highest BCUT2D eigenvalue weighted by Gasteiger charge is 2.03. The van der Waals surface area contributed by atoms with Crippen molar-refractivity contribution in [3.63, 3.8) is 0 Å². The molecule has 0 spiro atoms. The maximum absolute atomic E-state index is 13.0. The van der Waals surface area contributed by atoms with E-state index < -0.39 is 0 Å². The van der Waals surface area contributed by atoms with Crippen LogP contribution in [0.1, 0.15) is 5.56 Å². The summed E-state index contributed by atoms with van der Waals surface area (Å²) in [5.41, 5.74) is 0.623. The molecule has 0 amide bonds. The Morgan fingerprint density at radius 2 is 2.19 bits per heavy atom. The van der Waals surface area contributed by atoms with Crippen molar-refractivity contribution in [2.75, 3.05) is 26.2 Å². The van der Waals surface area contributed by atoms with Gasteiger partial charge in [0.05, 0.1) is 18.1 Å². The van der Waals surface area contributed by atoms with Crippen molar-refractivity contribution < 1.29 is 13.9 Å². The molecule has 0 fully saturated rings. The highest BCUT2D eigenvalue weighted by Crippen LogP contribution is 2.18. The van der Waals surface area contributed by atoms with Gasteiger partial charge < -0.3 is 9.47 Å². The van der Waals surface area contributed by atoms with Gasteiger partial charge in [0.15, 0.2) is 0 Å². The summed E-state index contributed by atoms with van der Waals surface area (Å²) in [6, 6.07) is 4.20. The second-order valence-corrected chi connectivity index (χ2v) is 3.18. The van der Waals surface area contributed by atoms with Crippen molar-refractivity contribution in [1.29, 1.82) is 0 Å². The van der Waals surface area contributed by atoms with Gasteiger partial charge in [-0.2, -0.15) is 0 Å². The predicted octanol–water partition coefficient (Wildman–Crippen LogP) is 2.44. The lowest BCUT2D eigenvalue weighted by molar-refractivity contribution is 0.146. The van der Waals surface area contributed by atoms with Crippen molar-refractivity contribution in [3.8, 4) is 17.6 Å². The van der Waals surface area contributed by atoms with E-state index in [2.05, 4.69) is 11.8 Å². The Morgan fingerprint density at radius 3 is 2.88 bits per heavy atom. The van der Waals surface area contributed by atoms with Gasteiger partial charge in [-0.3, -0.25) is 0 Å². The van der Waals surface area contributed by atoms with E-state index in [0.717, 1.165) is 0 Å². The Balaban J connectivity index is 2.81. The van der Waals surface area contributed by atoms with Crippen LogP contribution < -0.4 is 4.74 Å². The van der Waals surface area contributed by atoms with Gasteiger partial charge in [0.25, 0.3) is 0 Å². The Bertz CT molecular complexity index is 396. The number of rotatable bonds is 4. The second kappa shape index (κ2) is 7.10. The normalized spacial score (nSPS) is 9.44. The fourth-order valence-electron chi connectivity index (χ4n) is 1.08. The number of hydrogen-bond acceptors (Lipinski definition) is 2. The van der Waals surface area contributed by atoms with Crippen LogP contribution in [0.2, 0.25) is 0 Å². The van der Waals surface area contributed by atoms with Gasteiger partial charge in [-0.1, -0.05) is 11.8 Å². The highest BCUT2D eigenvalue weighted by atomic mass is 35.5. The molecule has 0 aliphatic rings. The van der Waals surface area contributed by atoms with Gasteiger partial charge in [0, 0.05) is 13.2 Å². The number of benzene rings is 1. The molecule has 2 nitrogen and oxygen atoms in total. The van der Waals surface area contributed by atoms with Gasteiger partial charge in [-0.05, 0) is 12.1 Å². The van der Waals surface area contributed by atoms with E-state index in [1.165, 1.54) is 12.1 Å². The summed E-state index contributed by atoms with van der Waals surface area (Å²) < 4.78 is 23.2. The molecule has 1 aromatic rings. The van der Waals surface area contributed by atoms with Gasteiger partial charge >= 0.3 is 0 Å². The Kier molecular flexibility index (Phi) is 5.69. The minimum atomic E-state index is -0.358. The maximum Gasteiger partial charge on any atom is 0.137 e. The zero-order chi connectivity index (χ0) is 11.8. The monoisotopic (exact) mass is 242 g/mol. The van der Waals surface area contributed by atoms with Crippen LogP contribution in [0.5, 0.6) is 5.75 Å². The molecule has 86 valence electrons. The molecule has 0 heterocycles. The first-order valence-electron chi connectivity index (χ1n) is 4.74. The van der Waals surface area contributed by atoms with E-state index in [-0.39, 0.29) is 11.7 Å². The third-order valence-electron chi connectivity index (χ3n) is 1.78. The van der Waals surface area contributed by atoms with Crippen molar-refractivity contribution in [2.45, 2.75) is 0 Å². The fourth-order valence-corrected chi connectivity index (χ4v) is 1.15. The van der Waals surface area contributed by atoms with Crippen molar-refractivity contribution >= 4 is 11.6 Å². The molecule has 0 aliphatic heterocycles. The number of alkyl halides is 1. The van der Waals surface area contributed by atoms with Gasteiger partial charge in [0.1, 0.15) is 18.2 Å². The minimum absolute atomic E-state index is 0.231. The van der Waals surface area contributed by atoms with Crippen LogP contribution in [0.4, 0.5) is 4.39 Å². The van der Waals surface area contributed by atoms with Crippen LogP contribution in [0.25, 0.3) is 0 Å². The molecule has 0 bridgehead atoms. The van der Waals surface area contributed by atoms with E-state index in [0.29, 0.717) is 24.5 Å². The molecule has 0 N–H and O–H groups in total. The second-order valence-electron chi connectivity index (χ2n) is 2.92. The predicted molar refractivity (Wildman–Crippen MR) is 61.4 cm³/mol. The summed E-state index contributed by atoms with van der Waals surface area (Å²) in [6.07, 6.45) is 0. The lowest BCUT2D eigenvalue weighted by Crippen LogP contribution is -2.05. The zero-order valence-corrected chi connectivity index (χ0v) is 9.68. The molecule has 0 saturated carbocycles. The fraction of sp³-hybridized carbons (Fsp3) is 0.333. The lowest BCUT2D eigenvalue weighted by atomic mass is 10.2. The Morgan fingerprint density at radius 1 is 1.38 bits per heavy atom. The van der Waals surface area contributed by atoms with E-state index in [4.69, 9.17) is 21.1 Å². The lowest BCUT2D eigenvalue weighted by Gasteiger charge is -2.07. The molecular weight excluding hydrogens is 231 g/mol. The molecule has 0 unspecified atom stereocenters. The first kappa shape index (κ1) is 12.8. The molecule has 0 saturated heterocycles. The molecule has 1 aromatic carbocycles. The molecule has 0 aromatic heterocycles.